The van der Waals surface area contributed by atoms with E-state index in [9.17, 15) is 13.5 Å². The minimum Gasteiger partial charge on any atom is -0.380 e. The molecule has 35 heavy (non-hydrogen) atoms. The van der Waals surface area contributed by atoms with E-state index in [-0.39, 0.29) is 4.90 Å². The number of fused-ring (bicyclic) bond motifs is 2. The Kier molecular flexibility index (Phi) is 5.95. The van der Waals surface area contributed by atoms with Gasteiger partial charge in [-0.15, -0.1) is 0 Å². The minimum atomic E-state index is -3.70. The molecule has 2 N–H and O–H groups in total. The predicted molar refractivity (Wildman–Crippen MR) is 137 cm³/mol. The molecule has 0 radical (unpaired) electrons. The van der Waals surface area contributed by atoms with Crippen molar-refractivity contribution in [2.24, 2.45) is 0 Å². The van der Waals surface area contributed by atoms with Gasteiger partial charge in [-0.05, 0) is 61.0 Å². The van der Waals surface area contributed by atoms with Crippen LogP contribution in [0.2, 0.25) is 0 Å². The molecule has 0 aliphatic rings. The number of benzene rings is 3. The Morgan fingerprint density at radius 2 is 1.86 bits per heavy atom. The molecule has 174 valence electrons. The van der Waals surface area contributed by atoms with Gasteiger partial charge in [-0.2, -0.15) is 0 Å². The lowest BCUT2D eigenvalue weighted by Crippen LogP contribution is -2.11. The van der Waals surface area contributed by atoms with Crippen molar-refractivity contribution in [2.75, 3.05) is 5.32 Å². The highest BCUT2D eigenvalue weighted by Crippen LogP contribution is 2.28. The van der Waals surface area contributed by atoms with Crippen LogP contribution in [-0.2, 0) is 10.0 Å². The van der Waals surface area contributed by atoms with E-state index >= 15 is 0 Å². The molecule has 0 fully saturated rings. The van der Waals surface area contributed by atoms with Crippen molar-refractivity contribution in [1.82, 2.24) is 13.9 Å². The number of anilines is 2. The van der Waals surface area contributed by atoms with Crippen LogP contribution in [0.5, 0.6) is 0 Å². The Balaban J connectivity index is 1.49. The fourth-order valence-electron chi connectivity index (χ4n) is 3.75. The lowest BCUT2D eigenvalue weighted by Gasteiger charge is -2.10. The van der Waals surface area contributed by atoms with E-state index < -0.39 is 16.1 Å². The monoisotopic (exact) mass is 482 g/mol. The largest absolute Gasteiger partial charge is 0.380 e. The number of hydrogen-bond acceptors (Lipinski definition) is 6. The highest BCUT2D eigenvalue weighted by Gasteiger charge is 2.18. The van der Waals surface area contributed by atoms with Crippen molar-refractivity contribution in [3.63, 3.8) is 0 Å². The van der Waals surface area contributed by atoms with Crippen molar-refractivity contribution in [3.8, 4) is 11.8 Å². The number of aliphatic hydroxyl groups excluding tert-OH is 1. The SMILES string of the molecule is CCC(O)C#Cc1ccc2ncnc(Nc3ccc4c(ccn4S(=O)(=O)c4ccccc4)c3)c2c1. The number of aromatic nitrogens is 3. The first kappa shape index (κ1) is 22.6. The van der Waals surface area contributed by atoms with Crippen LogP contribution < -0.4 is 5.32 Å². The lowest BCUT2D eigenvalue weighted by molar-refractivity contribution is 0.228. The maximum Gasteiger partial charge on any atom is 0.268 e. The van der Waals surface area contributed by atoms with Gasteiger partial charge in [0.05, 0.1) is 15.9 Å². The first-order chi connectivity index (χ1) is 17.0. The molecule has 0 aliphatic heterocycles. The van der Waals surface area contributed by atoms with Crippen LogP contribution in [0.4, 0.5) is 11.5 Å². The first-order valence-electron chi connectivity index (χ1n) is 11.1. The summed E-state index contributed by atoms with van der Waals surface area (Å²) in [5, 5.41) is 14.6. The van der Waals surface area contributed by atoms with Crippen molar-refractivity contribution in [3.05, 3.63) is 90.9 Å². The third kappa shape index (κ3) is 4.47. The van der Waals surface area contributed by atoms with Gasteiger partial charge in [0, 0.05) is 28.2 Å². The molecule has 1 unspecified atom stereocenters. The minimum absolute atomic E-state index is 0.234. The molecule has 2 aromatic heterocycles. The Morgan fingerprint density at radius 3 is 2.66 bits per heavy atom. The van der Waals surface area contributed by atoms with Crippen molar-refractivity contribution >= 4 is 43.3 Å². The number of hydrogen-bond donors (Lipinski definition) is 2. The maximum absolute atomic E-state index is 13.1. The summed E-state index contributed by atoms with van der Waals surface area (Å²) in [5.41, 5.74) is 2.84. The smallest absolute Gasteiger partial charge is 0.268 e. The summed E-state index contributed by atoms with van der Waals surface area (Å²) in [6, 6.07) is 21.2. The molecule has 2 heterocycles. The predicted octanol–water partition coefficient (Wildman–Crippen LogP) is 4.69. The molecular formula is C27H22N4O3S. The number of nitrogens with one attached hydrogen (secondary N) is 1. The fraction of sp³-hybridized carbons (Fsp3) is 0.111. The Bertz CT molecular complexity index is 1700. The van der Waals surface area contributed by atoms with E-state index in [0.29, 0.717) is 17.8 Å². The molecule has 0 bridgehead atoms. The zero-order valence-corrected chi connectivity index (χ0v) is 19.7. The molecule has 8 heteroatoms. The quantitative estimate of drug-likeness (QED) is 0.353. The van der Waals surface area contributed by atoms with Crippen LogP contribution in [0.1, 0.15) is 18.9 Å². The first-order valence-corrected chi connectivity index (χ1v) is 12.5. The highest BCUT2D eigenvalue weighted by molar-refractivity contribution is 7.90. The summed E-state index contributed by atoms with van der Waals surface area (Å²) in [4.78, 5) is 8.96. The second-order valence-corrected chi connectivity index (χ2v) is 9.79. The second-order valence-electron chi connectivity index (χ2n) is 7.98. The van der Waals surface area contributed by atoms with E-state index in [1.54, 1.807) is 48.7 Å². The molecule has 5 rings (SSSR count). The fourth-order valence-corrected chi connectivity index (χ4v) is 5.12. The molecular weight excluding hydrogens is 460 g/mol. The van der Waals surface area contributed by atoms with Crippen LogP contribution in [-0.4, -0.2) is 33.6 Å². The van der Waals surface area contributed by atoms with Gasteiger partial charge in [0.25, 0.3) is 10.0 Å². The van der Waals surface area contributed by atoms with Gasteiger partial charge in [-0.1, -0.05) is 37.0 Å². The Morgan fingerprint density at radius 1 is 1.03 bits per heavy atom. The molecule has 1 atom stereocenters. The standard InChI is InChI=1S/C27H22N4O3S/c1-2-22(32)11-8-19-9-12-25-24(16-19)27(29-18-28-25)30-21-10-13-26-20(17-21)14-15-31(26)35(33,34)23-6-4-3-5-7-23/h3-7,9-10,12-18,22,32H,2H2,1H3,(H,28,29,30). The van der Waals surface area contributed by atoms with Gasteiger partial charge in [0.1, 0.15) is 18.2 Å². The second kappa shape index (κ2) is 9.22. The summed E-state index contributed by atoms with van der Waals surface area (Å²) in [5.74, 6) is 6.41. The molecule has 3 aromatic carbocycles. The maximum atomic E-state index is 13.1. The van der Waals surface area contributed by atoms with Crippen molar-refractivity contribution in [2.45, 2.75) is 24.3 Å². The summed E-state index contributed by atoms with van der Waals surface area (Å²) in [7, 11) is -3.70. The third-order valence-corrected chi connectivity index (χ3v) is 7.33. The van der Waals surface area contributed by atoms with Crippen LogP contribution in [0.3, 0.4) is 0 Å². The van der Waals surface area contributed by atoms with E-state index in [1.807, 2.05) is 37.3 Å². The molecule has 0 aliphatic carbocycles. The average molecular weight is 483 g/mol. The zero-order chi connectivity index (χ0) is 24.4. The Hall–Kier alpha value is -4.19. The van der Waals surface area contributed by atoms with Gasteiger partial charge in [-0.3, -0.25) is 0 Å². The van der Waals surface area contributed by atoms with E-state index in [4.69, 9.17) is 0 Å². The summed E-state index contributed by atoms with van der Waals surface area (Å²) < 4.78 is 27.5. The van der Waals surface area contributed by atoms with Gasteiger partial charge in [-0.25, -0.2) is 22.4 Å². The number of rotatable bonds is 5. The molecule has 0 amide bonds. The Labute approximate surface area is 203 Å². The van der Waals surface area contributed by atoms with Gasteiger partial charge >= 0.3 is 0 Å². The zero-order valence-electron chi connectivity index (χ0n) is 18.9. The molecule has 5 aromatic rings. The topological polar surface area (TPSA) is 97.1 Å². The van der Waals surface area contributed by atoms with Crippen LogP contribution in [0.25, 0.3) is 21.8 Å². The normalized spacial score (nSPS) is 12.3. The van der Waals surface area contributed by atoms with Crippen LogP contribution in [0, 0.1) is 11.8 Å². The van der Waals surface area contributed by atoms with Crippen LogP contribution >= 0.6 is 0 Å². The molecule has 0 saturated carbocycles. The van der Waals surface area contributed by atoms with E-state index in [2.05, 4.69) is 27.1 Å². The summed E-state index contributed by atoms with van der Waals surface area (Å²) >= 11 is 0. The van der Waals surface area contributed by atoms with E-state index in [0.717, 1.165) is 27.5 Å². The van der Waals surface area contributed by atoms with Crippen LogP contribution in [0.15, 0.2) is 90.2 Å². The van der Waals surface area contributed by atoms with Crippen molar-refractivity contribution < 1.29 is 13.5 Å². The van der Waals surface area contributed by atoms with Crippen molar-refractivity contribution in [1.29, 1.82) is 0 Å². The van der Waals surface area contributed by atoms with Gasteiger partial charge in [0.2, 0.25) is 0 Å². The number of aliphatic hydroxyl groups is 1. The molecule has 7 nitrogen and oxygen atoms in total. The van der Waals surface area contributed by atoms with Gasteiger partial charge in [0.15, 0.2) is 0 Å². The lowest BCUT2D eigenvalue weighted by atomic mass is 10.1. The highest BCUT2D eigenvalue weighted by atomic mass is 32.2. The average Bonchev–Trinajstić information content (AvgIpc) is 3.32. The third-order valence-electron chi connectivity index (χ3n) is 5.62. The molecule has 0 spiro atoms. The van der Waals surface area contributed by atoms with E-state index in [1.165, 1.54) is 10.3 Å². The molecule has 0 saturated heterocycles. The summed E-state index contributed by atoms with van der Waals surface area (Å²) in [6.07, 6.45) is 2.94. The summed E-state index contributed by atoms with van der Waals surface area (Å²) in [6.45, 7) is 1.87. The number of nitrogens with zero attached hydrogens (tertiary/aromatic N) is 3. The van der Waals surface area contributed by atoms with Gasteiger partial charge < -0.3 is 10.4 Å².